The van der Waals surface area contributed by atoms with Crippen LogP contribution in [0.25, 0.3) is 11.4 Å². The first kappa shape index (κ1) is 20.3. The van der Waals surface area contributed by atoms with Crippen LogP contribution in [0.2, 0.25) is 5.02 Å². The zero-order valence-electron chi connectivity index (χ0n) is 15.2. The van der Waals surface area contributed by atoms with Gasteiger partial charge in [0.1, 0.15) is 0 Å². The Morgan fingerprint density at radius 1 is 1.33 bits per heavy atom. The number of hydrogen-bond acceptors (Lipinski definition) is 5. The van der Waals surface area contributed by atoms with Gasteiger partial charge >= 0.3 is 0 Å². The molecule has 1 spiro atoms. The van der Waals surface area contributed by atoms with Gasteiger partial charge in [-0.3, -0.25) is 4.99 Å². The molecule has 7 nitrogen and oxygen atoms in total. The Labute approximate surface area is 180 Å². The topological polar surface area (TPSA) is 75.8 Å². The molecule has 0 bridgehead atoms. The number of ether oxygens (including phenoxy) is 1. The second-order valence-electron chi connectivity index (χ2n) is 6.89. The van der Waals surface area contributed by atoms with Gasteiger partial charge in [-0.05, 0) is 37.1 Å². The quantitative estimate of drug-likeness (QED) is 0.394. The van der Waals surface area contributed by atoms with Crippen LogP contribution in [0.5, 0.6) is 0 Å². The molecule has 2 saturated heterocycles. The minimum Gasteiger partial charge on any atom is -0.381 e. The number of nitrogens with zero attached hydrogens (tertiary/aromatic N) is 4. The van der Waals surface area contributed by atoms with Crippen LogP contribution in [0.15, 0.2) is 33.8 Å². The summed E-state index contributed by atoms with van der Waals surface area (Å²) in [6, 6.07) is 7.36. The zero-order valence-corrected chi connectivity index (χ0v) is 18.2. The van der Waals surface area contributed by atoms with E-state index in [4.69, 9.17) is 20.9 Å². The van der Waals surface area contributed by atoms with E-state index >= 15 is 0 Å². The highest BCUT2D eigenvalue weighted by Gasteiger charge is 2.42. The molecule has 2 aromatic rings. The van der Waals surface area contributed by atoms with Gasteiger partial charge < -0.3 is 19.5 Å². The Morgan fingerprint density at radius 2 is 2.15 bits per heavy atom. The van der Waals surface area contributed by atoms with E-state index in [0.29, 0.717) is 28.7 Å². The fourth-order valence-corrected chi connectivity index (χ4v) is 3.74. The summed E-state index contributed by atoms with van der Waals surface area (Å²) in [4.78, 5) is 11.1. The van der Waals surface area contributed by atoms with E-state index in [2.05, 4.69) is 25.3 Å². The Hall–Kier alpha value is -1.39. The second-order valence-corrected chi connectivity index (χ2v) is 7.33. The van der Waals surface area contributed by atoms with Crippen molar-refractivity contribution < 1.29 is 9.26 Å². The zero-order chi connectivity index (χ0) is 18.0. The van der Waals surface area contributed by atoms with Gasteiger partial charge in [0.05, 0.1) is 13.2 Å². The van der Waals surface area contributed by atoms with Gasteiger partial charge in [0.15, 0.2) is 5.96 Å². The van der Waals surface area contributed by atoms with Gasteiger partial charge in [0, 0.05) is 42.7 Å². The number of aromatic nitrogens is 2. The van der Waals surface area contributed by atoms with Crippen molar-refractivity contribution in [3.63, 3.8) is 0 Å². The van der Waals surface area contributed by atoms with Gasteiger partial charge in [0.25, 0.3) is 0 Å². The molecule has 1 aromatic heterocycles. The van der Waals surface area contributed by atoms with Crippen LogP contribution in [-0.2, 0) is 11.3 Å². The van der Waals surface area contributed by atoms with E-state index in [-0.39, 0.29) is 24.0 Å². The summed E-state index contributed by atoms with van der Waals surface area (Å²) in [5.74, 6) is 1.94. The van der Waals surface area contributed by atoms with Crippen LogP contribution in [0.3, 0.4) is 0 Å². The Kier molecular flexibility index (Phi) is 6.59. The highest BCUT2D eigenvalue weighted by atomic mass is 127. The summed E-state index contributed by atoms with van der Waals surface area (Å²) < 4.78 is 10.9. The number of halogens is 2. The molecule has 0 amide bonds. The molecule has 0 radical (unpaired) electrons. The van der Waals surface area contributed by atoms with Crippen molar-refractivity contribution >= 4 is 41.5 Å². The van der Waals surface area contributed by atoms with Crippen molar-refractivity contribution in [2.45, 2.75) is 19.4 Å². The molecular weight excluding hydrogens is 481 g/mol. The molecule has 1 N–H and O–H groups in total. The monoisotopic (exact) mass is 503 g/mol. The maximum absolute atomic E-state index is 5.91. The molecular formula is C18H23ClIN5O2. The molecule has 3 heterocycles. The molecule has 146 valence electrons. The highest BCUT2D eigenvalue weighted by molar-refractivity contribution is 14.0. The molecule has 2 aliphatic rings. The fourth-order valence-electron chi connectivity index (χ4n) is 3.62. The largest absolute Gasteiger partial charge is 0.381 e. The predicted octanol–water partition coefficient (Wildman–Crippen LogP) is 3.20. The van der Waals surface area contributed by atoms with Gasteiger partial charge in [-0.25, -0.2) is 0 Å². The Morgan fingerprint density at radius 3 is 2.85 bits per heavy atom. The number of rotatable bonds is 3. The standard InChI is InChI=1S/C18H22ClN5O2.HI/c1-20-17(24-8-6-18(11-24)7-9-25-12-18)21-10-15-22-16(23-26-15)13-2-4-14(19)5-3-13;/h2-5H,6-12H2,1H3,(H,20,21);1H. The molecule has 2 fully saturated rings. The Balaban J connectivity index is 0.00000210. The van der Waals surface area contributed by atoms with Crippen LogP contribution < -0.4 is 5.32 Å². The normalized spacial score (nSPS) is 22.3. The average molecular weight is 504 g/mol. The van der Waals surface area contributed by atoms with Gasteiger partial charge in [-0.1, -0.05) is 16.8 Å². The smallest absolute Gasteiger partial charge is 0.246 e. The van der Waals surface area contributed by atoms with Crippen molar-refractivity contribution in [2.24, 2.45) is 10.4 Å². The van der Waals surface area contributed by atoms with Crippen molar-refractivity contribution in [2.75, 3.05) is 33.4 Å². The van der Waals surface area contributed by atoms with E-state index in [9.17, 15) is 0 Å². The van der Waals surface area contributed by atoms with E-state index in [1.165, 1.54) is 0 Å². The van der Waals surface area contributed by atoms with Gasteiger partial charge in [-0.15, -0.1) is 24.0 Å². The lowest BCUT2D eigenvalue weighted by Gasteiger charge is -2.24. The van der Waals surface area contributed by atoms with Crippen LogP contribution in [0, 0.1) is 5.41 Å². The predicted molar refractivity (Wildman–Crippen MR) is 114 cm³/mol. The molecule has 2 aliphatic heterocycles. The summed E-state index contributed by atoms with van der Waals surface area (Å²) in [6.07, 6.45) is 2.28. The van der Waals surface area contributed by atoms with Crippen molar-refractivity contribution in [1.82, 2.24) is 20.4 Å². The molecule has 1 aromatic carbocycles. The van der Waals surface area contributed by atoms with Crippen LogP contribution in [0.1, 0.15) is 18.7 Å². The maximum atomic E-state index is 5.91. The van der Waals surface area contributed by atoms with Crippen LogP contribution >= 0.6 is 35.6 Å². The SMILES string of the molecule is CN=C(NCc1nc(-c2ccc(Cl)cc2)no1)N1CCC2(CCOC2)C1.I. The molecule has 4 rings (SSSR count). The van der Waals surface area contributed by atoms with E-state index in [1.807, 2.05) is 24.3 Å². The van der Waals surface area contributed by atoms with E-state index in [1.54, 1.807) is 7.05 Å². The summed E-state index contributed by atoms with van der Waals surface area (Å²) in [7, 11) is 1.80. The molecule has 0 saturated carbocycles. The summed E-state index contributed by atoms with van der Waals surface area (Å²) in [6.45, 7) is 4.13. The van der Waals surface area contributed by atoms with Crippen LogP contribution in [-0.4, -0.2) is 54.4 Å². The third-order valence-electron chi connectivity index (χ3n) is 5.10. The Bertz CT molecular complexity index is 789. The van der Waals surface area contributed by atoms with Crippen LogP contribution in [0.4, 0.5) is 0 Å². The lowest BCUT2D eigenvalue weighted by atomic mass is 9.87. The fraction of sp³-hybridized carbons (Fsp3) is 0.500. The average Bonchev–Trinajstić information content (AvgIpc) is 3.39. The van der Waals surface area contributed by atoms with Gasteiger partial charge in [0.2, 0.25) is 11.7 Å². The lowest BCUT2D eigenvalue weighted by Crippen LogP contribution is -2.41. The maximum Gasteiger partial charge on any atom is 0.246 e. The lowest BCUT2D eigenvalue weighted by molar-refractivity contribution is 0.156. The number of nitrogens with one attached hydrogen (secondary N) is 1. The summed E-state index contributed by atoms with van der Waals surface area (Å²) >= 11 is 5.91. The number of hydrogen-bond donors (Lipinski definition) is 1. The third-order valence-corrected chi connectivity index (χ3v) is 5.35. The number of guanidine groups is 1. The molecule has 9 heteroatoms. The van der Waals surface area contributed by atoms with E-state index < -0.39 is 0 Å². The summed E-state index contributed by atoms with van der Waals surface area (Å²) in [5.41, 5.74) is 1.17. The minimum absolute atomic E-state index is 0. The highest BCUT2D eigenvalue weighted by Crippen LogP contribution is 2.38. The first-order chi connectivity index (χ1) is 12.7. The molecule has 1 atom stereocenters. The summed E-state index contributed by atoms with van der Waals surface area (Å²) in [5, 5.41) is 8.04. The first-order valence-corrected chi connectivity index (χ1v) is 9.17. The molecule has 0 aliphatic carbocycles. The van der Waals surface area contributed by atoms with Gasteiger partial charge in [-0.2, -0.15) is 4.98 Å². The number of likely N-dealkylation sites (tertiary alicyclic amines) is 1. The second kappa shape index (κ2) is 8.74. The van der Waals surface area contributed by atoms with Crippen molar-refractivity contribution in [1.29, 1.82) is 0 Å². The van der Waals surface area contributed by atoms with Crippen molar-refractivity contribution in [3.05, 3.63) is 35.2 Å². The number of benzene rings is 1. The van der Waals surface area contributed by atoms with E-state index in [0.717, 1.165) is 50.7 Å². The number of aliphatic imine (C=N–C) groups is 1. The minimum atomic E-state index is 0. The first-order valence-electron chi connectivity index (χ1n) is 8.79. The molecule has 1 unspecified atom stereocenters. The molecule has 27 heavy (non-hydrogen) atoms. The van der Waals surface area contributed by atoms with Crippen molar-refractivity contribution in [3.8, 4) is 11.4 Å². The third kappa shape index (κ3) is 4.55.